The van der Waals surface area contributed by atoms with Crippen LogP contribution < -0.4 is 15.0 Å². The number of unbranched alkanes of at least 4 members (excludes halogenated alkanes) is 1. The van der Waals surface area contributed by atoms with Crippen molar-refractivity contribution >= 4 is 45.0 Å². The summed E-state index contributed by atoms with van der Waals surface area (Å²) in [4.78, 5) is 16.0. The van der Waals surface area contributed by atoms with Crippen LogP contribution in [0.15, 0.2) is 125 Å². The Balaban J connectivity index is 1.51. The highest BCUT2D eigenvalue weighted by Crippen LogP contribution is 2.49. The van der Waals surface area contributed by atoms with Gasteiger partial charge >= 0.3 is 5.97 Å². The first-order valence-corrected chi connectivity index (χ1v) is 17.4. The van der Waals surface area contributed by atoms with Crippen LogP contribution in [-0.2, 0) is 4.79 Å². The summed E-state index contributed by atoms with van der Waals surface area (Å²) < 4.78 is 7.59. The van der Waals surface area contributed by atoms with E-state index in [2.05, 4.69) is 89.0 Å². The summed E-state index contributed by atoms with van der Waals surface area (Å²) in [6.07, 6.45) is 4.05. The minimum absolute atomic E-state index is 0.178. The van der Waals surface area contributed by atoms with Gasteiger partial charge in [-0.05, 0) is 69.6 Å². The molecule has 0 spiro atoms. The number of carboxylic acid groups (broad SMARTS) is 1. The average Bonchev–Trinajstić information content (AvgIpc) is 3.23. The monoisotopic (exact) mass is 684 g/mol. The van der Waals surface area contributed by atoms with Gasteiger partial charge in [0.1, 0.15) is 5.75 Å². The number of carboxylic acids is 1. The maximum absolute atomic E-state index is 12.3. The Labute approximate surface area is 279 Å². The molecule has 1 heterocycles. The quantitative estimate of drug-likeness (QED) is 0.146. The number of thioether (sulfide) groups is 1. The Kier molecular flexibility index (Phi) is 11.0. The van der Waals surface area contributed by atoms with Crippen LogP contribution in [0.2, 0.25) is 0 Å². The summed E-state index contributed by atoms with van der Waals surface area (Å²) in [6, 6.07) is 32.9. The van der Waals surface area contributed by atoms with Gasteiger partial charge in [-0.2, -0.15) is 0 Å². The van der Waals surface area contributed by atoms with E-state index in [0.29, 0.717) is 17.0 Å². The highest BCUT2D eigenvalue weighted by Gasteiger charge is 2.36. The van der Waals surface area contributed by atoms with Crippen LogP contribution in [0.3, 0.4) is 0 Å². The standard InChI is InChI=1S/C38H41BrN2O3S/c1-4-6-22-38(5-2)25-41(30-20-14-9-15-21-30)32-23-31(39)33(24-34(32)45-26-38)44-36(29-18-12-8-13-19-29)27(3)40-35(37(42)43)28-16-10-7-11-17-28/h7-21,23-24,35-36,40H,3-6,22,25-26H2,1-2H3,(H,42,43)/t35-,36?,38?/m1/s1. The lowest BCUT2D eigenvalue weighted by Crippen LogP contribution is -2.35. The molecule has 0 saturated carbocycles. The third-order valence-electron chi connectivity index (χ3n) is 8.58. The number of rotatable bonds is 13. The number of hydrogen-bond donors (Lipinski definition) is 2. The SMILES string of the molecule is C=C(N[C@@H](C(=O)O)c1ccccc1)C(Oc1cc2c(cc1Br)N(c1ccccc1)CC(CC)(CCCC)CS2)c1ccccc1. The van der Waals surface area contributed by atoms with Gasteiger partial charge in [0.15, 0.2) is 12.1 Å². The van der Waals surface area contributed by atoms with Crippen LogP contribution in [0.25, 0.3) is 0 Å². The minimum Gasteiger partial charge on any atom is -0.479 e. The number of para-hydroxylation sites is 1. The molecular weight excluding hydrogens is 644 g/mol. The minimum atomic E-state index is -0.986. The molecule has 0 bridgehead atoms. The van der Waals surface area contributed by atoms with Crippen molar-refractivity contribution < 1.29 is 14.6 Å². The van der Waals surface area contributed by atoms with Crippen molar-refractivity contribution in [3.63, 3.8) is 0 Å². The van der Waals surface area contributed by atoms with E-state index >= 15 is 0 Å². The van der Waals surface area contributed by atoms with Crippen molar-refractivity contribution in [1.29, 1.82) is 0 Å². The zero-order chi connectivity index (χ0) is 31.8. The van der Waals surface area contributed by atoms with Gasteiger partial charge in [-0.1, -0.05) is 112 Å². The fourth-order valence-electron chi connectivity index (χ4n) is 5.86. The number of carbonyl (C=O) groups is 1. The summed E-state index contributed by atoms with van der Waals surface area (Å²) in [5, 5.41) is 13.3. The molecule has 7 heteroatoms. The van der Waals surface area contributed by atoms with Crippen LogP contribution in [0, 0.1) is 5.41 Å². The highest BCUT2D eigenvalue weighted by molar-refractivity contribution is 9.10. The fourth-order valence-corrected chi connectivity index (χ4v) is 7.69. The van der Waals surface area contributed by atoms with E-state index < -0.39 is 18.1 Å². The topological polar surface area (TPSA) is 61.8 Å². The first-order chi connectivity index (χ1) is 21.8. The van der Waals surface area contributed by atoms with Gasteiger partial charge in [-0.15, -0.1) is 11.8 Å². The summed E-state index contributed by atoms with van der Waals surface area (Å²) in [7, 11) is 0. The van der Waals surface area contributed by atoms with Gasteiger partial charge in [0.25, 0.3) is 0 Å². The molecule has 0 aliphatic carbocycles. The summed E-state index contributed by atoms with van der Waals surface area (Å²) >= 11 is 5.74. The Hall–Kier alpha value is -3.68. The molecular formula is C38H41BrN2O3S. The van der Waals surface area contributed by atoms with Crippen molar-refractivity contribution in [2.75, 3.05) is 17.2 Å². The number of benzene rings is 4. The summed E-state index contributed by atoms with van der Waals surface area (Å²) in [5.41, 5.74) is 4.48. The van der Waals surface area contributed by atoms with Crippen molar-refractivity contribution in [2.45, 2.75) is 56.6 Å². The molecule has 3 atom stereocenters. The van der Waals surface area contributed by atoms with E-state index in [1.165, 1.54) is 24.9 Å². The van der Waals surface area contributed by atoms with Crippen molar-refractivity contribution in [1.82, 2.24) is 5.32 Å². The number of nitrogens with zero attached hydrogens (tertiary/aromatic N) is 1. The molecule has 45 heavy (non-hydrogen) atoms. The normalized spacial score (nSPS) is 17.4. The molecule has 0 fully saturated rings. The molecule has 5 rings (SSSR count). The van der Waals surface area contributed by atoms with Crippen LogP contribution in [-0.4, -0.2) is 23.4 Å². The first-order valence-electron chi connectivity index (χ1n) is 15.6. The molecule has 1 aliphatic heterocycles. The van der Waals surface area contributed by atoms with Gasteiger partial charge in [0.05, 0.1) is 15.9 Å². The Morgan fingerprint density at radius 3 is 2.22 bits per heavy atom. The molecule has 0 amide bonds. The van der Waals surface area contributed by atoms with Crippen molar-refractivity contribution in [3.05, 3.63) is 131 Å². The second kappa shape index (κ2) is 15.1. The molecule has 2 unspecified atom stereocenters. The molecule has 4 aromatic carbocycles. The molecule has 2 N–H and O–H groups in total. The van der Waals surface area contributed by atoms with Crippen LogP contribution in [0.5, 0.6) is 5.75 Å². The lowest BCUT2D eigenvalue weighted by atomic mass is 9.81. The summed E-state index contributed by atoms with van der Waals surface area (Å²) in [5.74, 6) is 0.713. The van der Waals surface area contributed by atoms with E-state index in [4.69, 9.17) is 4.74 Å². The third-order valence-corrected chi connectivity index (χ3v) is 10.6. The van der Waals surface area contributed by atoms with E-state index in [0.717, 1.165) is 39.3 Å². The van der Waals surface area contributed by atoms with Gasteiger partial charge in [0.2, 0.25) is 0 Å². The van der Waals surface area contributed by atoms with Crippen LogP contribution in [0.1, 0.15) is 62.8 Å². The largest absolute Gasteiger partial charge is 0.479 e. The van der Waals surface area contributed by atoms with Crippen molar-refractivity contribution in [2.24, 2.45) is 5.41 Å². The van der Waals surface area contributed by atoms with Crippen LogP contribution >= 0.6 is 27.7 Å². The lowest BCUT2D eigenvalue weighted by Gasteiger charge is -2.37. The Morgan fingerprint density at radius 2 is 1.62 bits per heavy atom. The smallest absolute Gasteiger partial charge is 0.330 e. The average molecular weight is 686 g/mol. The number of fused-ring (bicyclic) bond motifs is 1. The third kappa shape index (κ3) is 7.77. The zero-order valence-electron chi connectivity index (χ0n) is 25.9. The van der Waals surface area contributed by atoms with Gasteiger partial charge in [-0.25, -0.2) is 4.79 Å². The predicted molar refractivity (Wildman–Crippen MR) is 189 cm³/mol. The van der Waals surface area contributed by atoms with E-state index in [9.17, 15) is 9.90 Å². The van der Waals surface area contributed by atoms with Gasteiger partial charge in [0, 0.05) is 22.9 Å². The second-order valence-corrected chi connectivity index (χ2v) is 13.5. The number of hydrogen-bond acceptors (Lipinski definition) is 5. The number of anilines is 2. The van der Waals surface area contributed by atoms with E-state index in [1.807, 2.05) is 60.3 Å². The molecule has 234 valence electrons. The van der Waals surface area contributed by atoms with Crippen molar-refractivity contribution in [3.8, 4) is 5.75 Å². The molecule has 0 radical (unpaired) electrons. The van der Waals surface area contributed by atoms with E-state index in [-0.39, 0.29) is 5.41 Å². The summed E-state index contributed by atoms with van der Waals surface area (Å²) in [6.45, 7) is 9.83. The molecule has 4 aromatic rings. The molecule has 0 aromatic heterocycles. The number of aliphatic carboxylic acids is 1. The first kappa shape index (κ1) is 32.7. The molecule has 1 aliphatic rings. The molecule has 0 saturated heterocycles. The highest BCUT2D eigenvalue weighted by atomic mass is 79.9. The Bertz CT molecular complexity index is 1590. The van der Waals surface area contributed by atoms with E-state index in [1.54, 1.807) is 12.1 Å². The van der Waals surface area contributed by atoms with Gasteiger partial charge < -0.3 is 20.1 Å². The zero-order valence-corrected chi connectivity index (χ0v) is 28.3. The maximum Gasteiger partial charge on any atom is 0.330 e. The number of nitrogens with one attached hydrogen (secondary N) is 1. The predicted octanol–water partition coefficient (Wildman–Crippen LogP) is 10.3. The van der Waals surface area contributed by atoms with Crippen LogP contribution in [0.4, 0.5) is 11.4 Å². The fraction of sp³-hybridized carbons (Fsp3) is 0.289. The van der Waals surface area contributed by atoms with Gasteiger partial charge in [-0.3, -0.25) is 0 Å². The number of ether oxygens (including phenoxy) is 1. The maximum atomic E-state index is 12.3. The number of halogens is 1. The second-order valence-electron chi connectivity index (χ2n) is 11.7. The molecule has 5 nitrogen and oxygen atoms in total. The lowest BCUT2D eigenvalue weighted by molar-refractivity contribution is -0.139. The Morgan fingerprint density at radius 1 is 1.00 bits per heavy atom.